The fourth-order valence-corrected chi connectivity index (χ4v) is 3.21. The third-order valence-corrected chi connectivity index (χ3v) is 4.00. The molecule has 0 atom stereocenters. The van der Waals surface area contributed by atoms with E-state index < -0.39 is 0 Å². The van der Waals surface area contributed by atoms with E-state index in [0.717, 1.165) is 0 Å². The van der Waals surface area contributed by atoms with E-state index in [-0.39, 0.29) is 5.54 Å². The van der Waals surface area contributed by atoms with Crippen LogP contribution in [-0.4, -0.2) is 23.5 Å². The molecular formula is C14H23N. The lowest BCUT2D eigenvalue weighted by Gasteiger charge is -2.44. The molecule has 0 N–H and O–H groups in total. The first-order chi connectivity index (χ1) is 7.37. The average Bonchev–Trinajstić information content (AvgIpc) is 2.32. The fourth-order valence-electron chi connectivity index (χ4n) is 3.21. The van der Waals surface area contributed by atoms with E-state index in [0.29, 0.717) is 0 Å². The lowest BCUT2D eigenvalue weighted by atomic mass is 9.79. The molecule has 15 heavy (non-hydrogen) atoms. The first kappa shape index (κ1) is 11.0. The highest BCUT2D eigenvalue weighted by Gasteiger charge is 2.36. The molecule has 0 aromatic rings. The van der Waals surface area contributed by atoms with Crippen LogP contribution in [0.4, 0.5) is 0 Å². The Kier molecular flexibility index (Phi) is 3.70. The molecular weight excluding hydrogens is 182 g/mol. The first-order valence-corrected chi connectivity index (χ1v) is 6.56. The summed E-state index contributed by atoms with van der Waals surface area (Å²) < 4.78 is 0. The zero-order valence-electron chi connectivity index (χ0n) is 10.0. The van der Waals surface area contributed by atoms with Crippen molar-refractivity contribution in [3.8, 4) is 11.8 Å². The normalized spacial score (nSPS) is 26.7. The van der Waals surface area contributed by atoms with Gasteiger partial charge in [0.25, 0.3) is 0 Å². The van der Waals surface area contributed by atoms with Gasteiger partial charge in [0.2, 0.25) is 0 Å². The largest absolute Gasteiger partial charge is 0.287 e. The van der Waals surface area contributed by atoms with E-state index in [9.17, 15) is 0 Å². The smallest absolute Gasteiger partial charge is 0.0825 e. The Labute approximate surface area is 94.2 Å². The highest BCUT2D eigenvalue weighted by molar-refractivity contribution is 5.18. The van der Waals surface area contributed by atoms with E-state index in [2.05, 4.69) is 16.7 Å². The predicted molar refractivity (Wildman–Crippen MR) is 64.7 cm³/mol. The summed E-state index contributed by atoms with van der Waals surface area (Å²) in [7, 11) is 0. The molecule has 1 saturated carbocycles. The van der Waals surface area contributed by atoms with Crippen molar-refractivity contribution in [3.05, 3.63) is 0 Å². The standard InChI is InChI=1S/C14H23N/c1-2-9-14(10-5-3-6-11-14)15-12-7-4-8-13-15/h3-8,10-13H2,1H3. The van der Waals surface area contributed by atoms with Crippen LogP contribution in [0.15, 0.2) is 0 Å². The van der Waals surface area contributed by atoms with Gasteiger partial charge in [0.05, 0.1) is 5.54 Å². The molecule has 1 saturated heterocycles. The van der Waals surface area contributed by atoms with E-state index >= 15 is 0 Å². The second-order valence-corrected chi connectivity index (χ2v) is 5.01. The molecule has 1 aliphatic carbocycles. The maximum absolute atomic E-state index is 3.54. The fraction of sp³-hybridized carbons (Fsp3) is 0.857. The van der Waals surface area contributed by atoms with Crippen LogP contribution in [0.2, 0.25) is 0 Å². The molecule has 0 unspecified atom stereocenters. The maximum atomic E-state index is 3.54. The minimum Gasteiger partial charge on any atom is -0.287 e. The Balaban J connectivity index is 2.11. The van der Waals surface area contributed by atoms with E-state index in [1.807, 2.05) is 6.92 Å². The Morgan fingerprint density at radius 1 is 0.867 bits per heavy atom. The number of rotatable bonds is 1. The summed E-state index contributed by atoms with van der Waals surface area (Å²) in [6.45, 7) is 4.57. The van der Waals surface area contributed by atoms with Gasteiger partial charge in [0.15, 0.2) is 0 Å². The van der Waals surface area contributed by atoms with Crippen LogP contribution >= 0.6 is 0 Å². The lowest BCUT2D eigenvalue weighted by Crippen LogP contribution is -2.51. The van der Waals surface area contributed by atoms with Crippen molar-refractivity contribution in [2.45, 2.75) is 63.8 Å². The van der Waals surface area contributed by atoms with Crippen LogP contribution in [0.3, 0.4) is 0 Å². The molecule has 0 aromatic carbocycles. The summed E-state index contributed by atoms with van der Waals surface area (Å²) in [6, 6.07) is 0. The second-order valence-electron chi connectivity index (χ2n) is 5.01. The number of likely N-dealkylation sites (tertiary alicyclic amines) is 1. The van der Waals surface area contributed by atoms with Crippen molar-refractivity contribution >= 4 is 0 Å². The van der Waals surface area contributed by atoms with Gasteiger partial charge in [-0.05, 0) is 45.7 Å². The molecule has 1 aliphatic heterocycles. The quantitative estimate of drug-likeness (QED) is 0.594. The van der Waals surface area contributed by atoms with E-state index in [4.69, 9.17) is 0 Å². The first-order valence-electron chi connectivity index (χ1n) is 6.56. The van der Waals surface area contributed by atoms with Gasteiger partial charge in [0.1, 0.15) is 0 Å². The van der Waals surface area contributed by atoms with Gasteiger partial charge in [-0.3, -0.25) is 4.90 Å². The molecule has 0 amide bonds. The maximum Gasteiger partial charge on any atom is 0.0825 e. The van der Waals surface area contributed by atoms with Gasteiger partial charge < -0.3 is 0 Å². The summed E-state index contributed by atoms with van der Waals surface area (Å²) in [5, 5.41) is 0. The molecule has 0 bridgehead atoms. The number of hydrogen-bond acceptors (Lipinski definition) is 1. The summed E-state index contributed by atoms with van der Waals surface area (Å²) in [6.07, 6.45) is 11.0. The highest BCUT2D eigenvalue weighted by Crippen LogP contribution is 2.34. The topological polar surface area (TPSA) is 3.24 Å². The Morgan fingerprint density at radius 3 is 2.07 bits per heavy atom. The SMILES string of the molecule is CC#CC1(N2CCCCC2)CCCCC1. The van der Waals surface area contributed by atoms with Gasteiger partial charge in [0, 0.05) is 0 Å². The van der Waals surface area contributed by atoms with Crippen LogP contribution in [0.25, 0.3) is 0 Å². The van der Waals surface area contributed by atoms with Crippen molar-refractivity contribution < 1.29 is 0 Å². The summed E-state index contributed by atoms with van der Waals surface area (Å²) >= 11 is 0. The Bertz CT molecular complexity index is 246. The van der Waals surface area contributed by atoms with Gasteiger partial charge >= 0.3 is 0 Å². The molecule has 1 heterocycles. The highest BCUT2D eigenvalue weighted by atomic mass is 15.2. The zero-order valence-corrected chi connectivity index (χ0v) is 10.0. The predicted octanol–water partition coefficient (Wildman–Crippen LogP) is 3.20. The molecule has 2 rings (SSSR count). The van der Waals surface area contributed by atoms with Crippen molar-refractivity contribution in [1.82, 2.24) is 4.90 Å². The van der Waals surface area contributed by atoms with Crippen LogP contribution in [0.5, 0.6) is 0 Å². The summed E-state index contributed by atoms with van der Waals surface area (Å²) in [5.41, 5.74) is 0.271. The van der Waals surface area contributed by atoms with Gasteiger partial charge in [-0.1, -0.05) is 31.6 Å². The Hall–Kier alpha value is -0.480. The number of hydrogen-bond donors (Lipinski definition) is 0. The molecule has 1 heteroatoms. The number of nitrogens with zero attached hydrogens (tertiary/aromatic N) is 1. The van der Waals surface area contributed by atoms with Crippen LogP contribution < -0.4 is 0 Å². The molecule has 1 nitrogen and oxygen atoms in total. The van der Waals surface area contributed by atoms with Gasteiger partial charge in [-0.2, -0.15) is 0 Å². The van der Waals surface area contributed by atoms with E-state index in [1.54, 1.807) is 0 Å². The second kappa shape index (κ2) is 5.03. The lowest BCUT2D eigenvalue weighted by molar-refractivity contribution is 0.0792. The molecule has 0 aromatic heterocycles. The Morgan fingerprint density at radius 2 is 1.47 bits per heavy atom. The molecule has 2 fully saturated rings. The average molecular weight is 205 g/mol. The molecule has 0 spiro atoms. The van der Waals surface area contributed by atoms with Gasteiger partial charge in [-0.25, -0.2) is 0 Å². The van der Waals surface area contributed by atoms with Crippen molar-refractivity contribution in [1.29, 1.82) is 0 Å². The third-order valence-electron chi connectivity index (χ3n) is 4.00. The minimum atomic E-state index is 0.271. The minimum absolute atomic E-state index is 0.271. The molecule has 2 aliphatic rings. The van der Waals surface area contributed by atoms with Crippen molar-refractivity contribution in [2.75, 3.05) is 13.1 Å². The number of piperidine rings is 1. The van der Waals surface area contributed by atoms with Crippen molar-refractivity contribution in [2.24, 2.45) is 0 Å². The summed E-state index contributed by atoms with van der Waals surface area (Å²) in [5.74, 6) is 6.73. The van der Waals surface area contributed by atoms with Crippen LogP contribution in [0.1, 0.15) is 58.3 Å². The van der Waals surface area contributed by atoms with E-state index in [1.165, 1.54) is 64.5 Å². The van der Waals surface area contributed by atoms with Crippen LogP contribution in [0, 0.1) is 11.8 Å². The van der Waals surface area contributed by atoms with Gasteiger partial charge in [-0.15, -0.1) is 5.92 Å². The third kappa shape index (κ3) is 2.37. The molecule has 0 radical (unpaired) electrons. The summed E-state index contributed by atoms with van der Waals surface area (Å²) in [4.78, 5) is 2.69. The van der Waals surface area contributed by atoms with Crippen molar-refractivity contribution in [3.63, 3.8) is 0 Å². The monoisotopic (exact) mass is 205 g/mol. The van der Waals surface area contributed by atoms with Crippen LogP contribution in [-0.2, 0) is 0 Å². The molecule has 84 valence electrons. The zero-order chi connectivity index (χ0) is 10.6.